The number of amides is 3. The Morgan fingerprint density at radius 3 is 2.20 bits per heavy atom. The van der Waals surface area contributed by atoms with Crippen LogP contribution in [0, 0.1) is 6.92 Å². The van der Waals surface area contributed by atoms with Crippen molar-refractivity contribution in [3.05, 3.63) is 71.3 Å². The average molecular weight is 569 g/mol. The number of aryl methyl sites for hydroxylation is 1. The topological polar surface area (TPSA) is 154 Å². The van der Waals surface area contributed by atoms with Gasteiger partial charge in [-0.25, -0.2) is 0 Å². The van der Waals surface area contributed by atoms with E-state index >= 15 is 0 Å². The van der Waals surface area contributed by atoms with E-state index in [4.69, 9.17) is 16.2 Å². The number of esters is 1. The van der Waals surface area contributed by atoms with Crippen LogP contribution in [0.1, 0.15) is 55.2 Å². The zero-order valence-corrected chi connectivity index (χ0v) is 23.8. The molecule has 40 heavy (non-hydrogen) atoms. The largest absolute Gasteiger partial charge is 0.462 e. The molecule has 0 aromatic heterocycles. The summed E-state index contributed by atoms with van der Waals surface area (Å²) in [7, 11) is 0. The highest BCUT2D eigenvalue weighted by atomic mass is 32.2. The van der Waals surface area contributed by atoms with Crippen molar-refractivity contribution in [2.75, 3.05) is 5.75 Å². The molecule has 3 rings (SSSR count). The van der Waals surface area contributed by atoms with Crippen molar-refractivity contribution >= 4 is 35.5 Å². The molecule has 0 aliphatic heterocycles. The number of nitrogens with two attached hydrogens (primary N) is 2. The van der Waals surface area contributed by atoms with Crippen molar-refractivity contribution in [2.24, 2.45) is 11.5 Å². The minimum absolute atomic E-state index is 0.171. The fraction of sp³-hybridized carbons (Fsp3) is 0.467. The van der Waals surface area contributed by atoms with Crippen molar-refractivity contribution < 1.29 is 23.9 Å². The second-order valence-electron chi connectivity index (χ2n) is 10.3. The molecule has 0 heterocycles. The summed E-state index contributed by atoms with van der Waals surface area (Å²) in [6.07, 6.45) is 4.21. The van der Waals surface area contributed by atoms with Crippen LogP contribution in [0.5, 0.6) is 0 Å². The van der Waals surface area contributed by atoms with Crippen molar-refractivity contribution in [1.82, 2.24) is 10.6 Å². The molecule has 0 radical (unpaired) electrons. The van der Waals surface area contributed by atoms with Gasteiger partial charge in [0.05, 0.1) is 12.5 Å². The fourth-order valence-corrected chi connectivity index (χ4v) is 5.43. The SMILES string of the molecule is Cc1ccc(CSC[C@H](N)C(=O)N[C@@H](CC(=O)OC2CCCCC2)C(=O)N[C@@H](Cc2ccccc2)C(N)=O)cc1. The Morgan fingerprint density at radius 1 is 0.900 bits per heavy atom. The summed E-state index contributed by atoms with van der Waals surface area (Å²) in [5.74, 6) is -1.59. The Balaban J connectivity index is 1.62. The summed E-state index contributed by atoms with van der Waals surface area (Å²) < 4.78 is 5.59. The number of ether oxygens (including phenoxy) is 1. The van der Waals surface area contributed by atoms with Gasteiger partial charge in [-0.05, 0) is 43.7 Å². The van der Waals surface area contributed by atoms with Crippen LogP contribution in [0.4, 0.5) is 0 Å². The van der Waals surface area contributed by atoms with Gasteiger partial charge < -0.3 is 26.8 Å². The minimum Gasteiger partial charge on any atom is -0.462 e. The number of rotatable bonds is 14. The number of hydrogen-bond donors (Lipinski definition) is 4. The van der Waals surface area contributed by atoms with Crippen LogP contribution in [-0.2, 0) is 36.1 Å². The van der Waals surface area contributed by atoms with Crippen molar-refractivity contribution in [3.63, 3.8) is 0 Å². The standard InChI is InChI=1S/C30H40N4O5S/c1-20-12-14-22(15-13-20)18-40-19-24(31)29(37)34-26(17-27(35)39-23-10-6-3-7-11-23)30(38)33-25(28(32)36)16-21-8-4-2-5-9-21/h2,4-5,8-9,12-15,23-26H,3,6-7,10-11,16-19,31H2,1H3,(H2,32,36)(H,33,38)(H,34,37)/t24-,25-,26-/m0/s1. The maximum Gasteiger partial charge on any atom is 0.308 e. The molecule has 3 amide bonds. The molecule has 1 aliphatic rings. The van der Waals surface area contributed by atoms with Gasteiger partial charge in [0.1, 0.15) is 18.2 Å². The van der Waals surface area contributed by atoms with E-state index in [1.54, 1.807) is 0 Å². The van der Waals surface area contributed by atoms with Crippen LogP contribution >= 0.6 is 11.8 Å². The lowest BCUT2D eigenvalue weighted by molar-refractivity contribution is -0.152. The molecule has 2 aromatic rings. The molecular formula is C30H40N4O5S. The monoisotopic (exact) mass is 568 g/mol. The Morgan fingerprint density at radius 2 is 1.55 bits per heavy atom. The smallest absolute Gasteiger partial charge is 0.308 e. The summed E-state index contributed by atoms with van der Waals surface area (Å²) in [5, 5.41) is 5.21. The molecule has 2 aromatic carbocycles. The molecule has 0 unspecified atom stereocenters. The first-order valence-corrected chi connectivity index (χ1v) is 14.9. The third-order valence-corrected chi connectivity index (χ3v) is 7.95. The summed E-state index contributed by atoms with van der Waals surface area (Å²) in [5.41, 5.74) is 14.8. The highest BCUT2D eigenvalue weighted by molar-refractivity contribution is 7.98. The number of hydrogen-bond acceptors (Lipinski definition) is 7. The molecule has 0 bridgehead atoms. The van der Waals surface area contributed by atoms with Gasteiger partial charge in [-0.15, -0.1) is 0 Å². The van der Waals surface area contributed by atoms with Crippen molar-refractivity contribution in [3.8, 4) is 0 Å². The normalized spacial score (nSPS) is 15.8. The lowest BCUT2D eigenvalue weighted by Gasteiger charge is -2.25. The molecule has 3 atom stereocenters. The summed E-state index contributed by atoms with van der Waals surface area (Å²) >= 11 is 1.50. The number of carbonyl (C=O) groups is 4. The van der Waals surface area contributed by atoms with Crippen molar-refractivity contribution in [2.45, 2.75) is 81.9 Å². The first-order chi connectivity index (χ1) is 19.2. The maximum absolute atomic E-state index is 13.3. The quantitative estimate of drug-likeness (QED) is 0.255. The van der Waals surface area contributed by atoms with E-state index in [-0.39, 0.29) is 18.9 Å². The Hall–Kier alpha value is -3.37. The third-order valence-electron chi connectivity index (χ3n) is 6.82. The predicted molar refractivity (Wildman–Crippen MR) is 156 cm³/mol. The van der Waals surface area contributed by atoms with Crippen LogP contribution < -0.4 is 22.1 Å². The minimum atomic E-state index is -1.27. The van der Waals surface area contributed by atoms with E-state index in [9.17, 15) is 19.2 Å². The zero-order chi connectivity index (χ0) is 28.9. The highest BCUT2D eigenvalue weighted by Gasteiger charge is 2.31. The lowest BCUT2D eigenvalue weighted by Crippen LogP contribution is -2.56. The van der Waals surface area contributed by atoms with Gasteiger partial charge in [-0.1, -0.05) is 66.6 Å². The Kier molecular flexibility index (Phi) is 12.5. The van der Waals surface area contributed by atoms with E-state index in [0.29, 0.717) is 11.5 Å². The van der Waals surface area contributed by atoms with Gasteiger partial charge in [-0.3, -0.25) is 19.2 Å². The van der Waals surface area contributed by atoms with Gasteiger partial charge in [-0.2, -0.15) is 11.8 Å². The summed E-state index contributed by atoms with van der Waals surface area (Å²) in [6, 6.07) is 14.0. The van der Waals surface area contributed by atoms with Crippen molar-refractivity contribution in [1.29, 1.82) is 0 Å². The highest BCUT2D eigenvalue weighted by Crippen LogP contribution is 2.21. The molecule has 10 heteroatoms. The molecule has 6 N–H and O–H groups in total. The summed E-state index contributed by atoms with van der Waals surface area (Å²) in [6.45, 7) is 2.02. The zero-order valence-electron chi connectivity index (χ0n) is 23.0. The van der Waals surface area contributed by atoms with Crippen LogP contribution in [0.3, 0.4) is 0 Å². The number of thioether (sulfide) groups is 1. The molecule has 1 saturated carbocycles. The maximum atomic E-state index is 13.3. The predicted octanol–water partition coefficient (Wildman–Crippen LogP) is 2.52. The molecule has 216 valence electrons. The second-order valence-corrected chi connectivity index (χ2v) is 11.3. The number of primary amides is 1. The van der Waals surface area contributed by atoms with E-state index in [1.165, 1.54) is 17.3 Å². The fourth-order valence-electron chi connectivity index (χ4n) is 4.48. The van der Waals surface area contributed by atoms with E-state index in [1.807, 2.05) is 61.5 Å². The number of nitrogens with one attached hydrogen (secondary N) is 2. The summed E-state index contributed by atoms with van der Waals surface area (Å²) in [4.78, 5) is 51.1. The van der Waals surface area contributed by atoms with Crippen LogP contribution in [0.2, 0.25) is 0 Å². The third kappa shape index (κ3) is 10.7. The Bertz CT molecular complexity index is 1120. The van der Waals surface area contributed by atoms with Crippen LogP contribution in [0.25, 0.3) is 0 Å². The Labute approximate surface area is 240 Å². The van der Waals surface area contributed by atoms with Crippen LogP contribution in [0.15, 0.2) is 54.6 Å². The van der Waals surface area contributed by atoms with Gasteiger partial charge in [0.25, 0.3) is 0 Å². The second kappa shape index (κ2) is 16.0. The number of carbonyl (C=O) groups excluding carboxylic acids is 4. The van der Waals surface area contributed by atoms with Gasteiger partial charge in [0, 0.05) is 17.9 Å². The molecule has 0 saturated heterocycles. The van der Waals surface area contributed by atoms with Gasteiger partial charge >= 0.3 is 5.97 Å². The van der Waals surface area contributed by atoms with E-state index in [2.05, 4.69) is 10.6 Å². The molecule has 1 fully saturated rings. The number of benzene rings is 2. The van der Waals surface area contributed by atoms with E-state index in [0.717, 1.165) is 43.2 Å². The molecule has 9 nitrogen and oxygen atoms in total. The molecular weight excluding hydrogens is 528 g/mol. The average Bonchev–Trinajstić information content (AvgIpc) is 2.94. The first kappa shape index (κ1) is 31.2. The molecule has 1 aliphatic carbocycles. The van der Waals surface area contributed by atoms with Crippen LogP contribution in [-0.4, -0.2) is 53.7 Å². The van der Waals surface area contributed by atoms with E-state index < -0.39 is 41.8 Å². The van der Waals surface area contributed by atoms with Gasteiger partial charge in [0.15, 0.2) is 0 Å². The van der Waals surface area contributed by atoms with Gasteiger partial charge in [0.2, 0.25) is 17.7 Å². The molecule has 0 spiro atoms. The lowest BCUT2D eigenvalue weighted by atomic mass is 9.98. The first-order valence-electron chi connectivity index (χ1n) is 13.7.